The maximum absolute atomic E-state index is 12.9. The summed E-state index contributed by atoms with van der Waals surface area (Å²) in [5, 5.41) is 0. The van der Waals surface area contributed by atoms with Crippen LogP contribution in [0.4, 0.5) is 0 Å². The molecule has 1 aromatic carbocycles. The fourth-order valence-electron chi connectivity index (χ4n) is 3.34. The van der Waals surface area contributed by atoms with E-state index in [1.807, 2.05) is 38.1 Å². The molecule has 3 unspecified atom stereocenters. The number of benzene rings is 1. The lowest BCUT2D eigenvalue weighted by molar-refractivity contribution is -0.150. The van der Waals surface area contributed by atoms with Gasteiger partial charge < -0.3 is 9.47 Å². The molecule has 27 heavy (non-hydrogen) atoms. The molecule has 0 saturated heterocycles. The molecule has 2 rings (SSSR count). The summed E-state index contributed by atoms with van der Waals surface area (Å²) in [7, 11) is 1.63. The van der Waals surface area contributed by atoms with Crippen LogP contribution in [0.15, 0.2) is 28.7 Å². The predicted octanol–water partition coefficient (Wildman–Crippen LogP) is 5.70. The second kappa shape index (κ2) is 11.0. The molecule has 0 spiro atoms. The van der Waals surface area contributed by atoms with Crippen LogP contribution in [0.3, 0.4) is 0 Å². The Hall–Kier alpha value is -0.280. The first kappa shape index (κ1) is 23.0. The smallest absolute Gasteiger partial charge is 0.316 e. The van der Waals surface area contributed by atoms with Crippen molar-refractivity contribution in [2.24, 2.45) is 11.8 Å². The maximum atomic E-state index is 12.9. The van der Waals surface area contributed by atoms with E-state index in [1.165, 1.54) is 0 Å². The van der Waals surface area contributed by atoms with Gasteiger partial charge in [-0.2, -0.15) is 0 Å². The summed E-state index contributed by atoms with van der Waals surface area (Å²) in [6.45, 7) is 4.65. The first-order valence-electron chi connectivity index (χ1n) is 9.25. The standard InChI is InChI=1S/C20H26BrIO4S/c1-3-25-18(23)17-12-14(17)6-5-9-20(2,19(24)26-10-11-27-22)15-7-4-8-16(21)13-15/h4,7-8,13-14,17H,3,5-6,9-12H2,1-2H3. The van der Waals surface area contributed by atoms with Crippen LogP contribution in [0.1, 0.15) is 45.1 Å². The minimum atomic E-state index is -0.686. The lowest BCUT2D eigenvalue weighted by Crippen LogP contribution is -2.35. The van der Waals surface area contributed by atoms with Crippen LogP contribution >= 0.6 is 46.1 Å². The van der Waals surface area contributed by atoms with Crippen LogP contribution in [-0.4, -0.2) is 30.9 Å². The van der Waals surface area contributed by atoms with Gasteiger partial charge in [0.05, 0.1) is 17.9 Å². The molecule has 0 amide bonds. The third-order valence-electron chi connectivity index (χ3n) is 5.07. The van der Waals surface area contributed by atoms with Gasteiger partial charge in [-0.15, -0.1) is 0 Å². The van der Waals surface area contributed by atoms with Gasteiger partial charge >= 0.3 is 11.9 Å². The number of hydrogen-bond donors (Lipinski definition) is 0. The van der Waals surface area contributed by atoms with E-state index < -0.39 is 5.41 Å². The molecular weight excluding hydrogens is 543 g/mol. The highest BCUT2D eigenvalue weighted by Crippen LogP contribution is 2.44. The second-order valence-corrected chi connectivity index (χ2v) is 10.4. The van der Waals surface area contributed by atoms with Crippen molar-refractivity contribution in [3.63, 3.8) is 0 Å². The molecule has 1 aliphatic carbocycles. The van der Waals surface area contributed by atoms with Crippen LogP contribution in [0.2, 0.25) is 0 Å². The Morgan fingerprint density at radius 1 is 1.37 bits per heavy atom. The summed E-state index contributed by atoms with van der Waals surface area (Å²) in [4.78, 5) is 24.7. The zero-order valence-electron chi connectivity index (χ0n) is 15.7. The Labute approximate surface area is 186 Å². The number of esters is 2. The molecule has 7 heteroatoms. The van der Waals surface area contributed by atoms with Gasteiger partial charge in [0.1, 0.15) is 6.61 Å². The minimum absolute atomic E-state index is 0.0507. The lowest BCUT2D eigenvalue weighted by atomic mass is 9.78. The van der Waals surface area contributed by atoms with Gasteiger partial charge in [-0.05, 0) is 77.9 Å². The van der Waals surface area contributed by atoms with Crippen molar-refractivity contribution in [1.82, 2.24) is 0 Å². The minimum Gasteiger partial charge on any atom is -0.466 e. The average Bonchev–Trinajstić information content (AvgIpc) is 3.41. The van der Waals surface area contributed by atoms with Gasteiger partial charge in [-0.1, -0.05) is 43.4 Å². The first-order chi connectivity index (χ1) is 12.9. The third kappa shape index (κ3) is 6.63. The van der Waals surface area contributed by atoms with Gasteiger partial charge in [0, 0.05) is 10.2 Å². The van der Waals surface area contributed by atoms with E-state index in [9.17, 15) is 9.59 Å². The molecule has 3 atom stereocenters. The molecular formula is C20H26BrIO4S. The van der Waals surface area contributed by atoms with Crippen molar-refractivity contribution in [2.45, 2.75) is 44.9 Å². The van der Waals surface area contributed by atoms with E-state index in [-0.39, 0.29) is 17.9 Å². The van der Waals surface area contributed by atoms with Gasteiger partial charge in [-0.25, -0.2) is 0 Å². The summed E-state index contributed by atoms with van der Waals surface area (Å²) in [6, 6.07) is 7.88. The number of halogens is 2. The van der Waals surface area contributed by atoms with Crippen LogP contribution in [0, 0.1) is 11.8 Å². The van der Waals surface area contributed by atoms with Crippen LogP contribution in [0.5, 0.6) is 0 Å². The summed E-state index contributed by atoms with van der Waals surface area (Å²) in [5.74, 6) is 0.971. The first-order valence-corrected chi connectivity index (χ1v) is 13.6. The summed E-state index contributed by atoms with van der Waals surface area (Å²) in [6.07, 6.45) is 3.42. The fourth-order valence-corrected chi connectivity index (χ4v) is 4.43. The van der Waals surface area contributed by atoms with Gasteiger partial charge in [0.15, 0.2) is 0 Å². The van der Waals surface area contributed by atoms with Crippen LogP contribution in [0.25, 0.3) is 0 Å². The Kier molecular flexibility index (Phi) is 9.41. The molecule has 4 nitrogen and oxygen atoms in total. The predicted molar refractivity (Wildman–Crippen MR) is 121 cm³/mol. The Balaban J connectivity index is 1.98. The zero-order valence-corrected chi connectivity index (χ0v) is 20.3. The molecule has 1 fully saturated rings. The highest BCUT2D eigenvalue weighted by atomic mass is 127. The Morgan fingerprint density at radius 3 is 2.81 bits per heavy atom. The number of hydrogen-bond acceptors (Lipinski definition) is 5. The van der Waals surface area contributed by atoms with Crippen molar-refractivity contribution >= 4 is 58.0 Å². The van der Waals surface area contributed by atoms with E-state index in [0.29, 0.717) is 25.6 Å². The van der Waals surface area contributed by atoms with Gasteiger partial charge in [0.2, 0.25) is 0 Å². The molecule has 0 N–H and O–H groups in total. The van der Waals surface area contributed by atoms with Crippen molar-refractivity contribution in [1.29, 1.82) is 0 Å². The highest BCUT2D eigenvalue weighted by Gasteiger charge is 2.44. The van der Waals surface area contributed by atoms with Crippen molar-refractivity contribution < 1.29 is 19.1 Å². The Morgan fingerprint density at radius 2 is 2.15 bits per heavy atom. The highest BCUT2D eigenvalue weighted by molar-refractivity contribution is 14.2. The van der Waals surface area contributed by atoms with Gasteiger partial charge in [0.25, 0.3) is 0 Å². The largest absolute Gasteiger partial charge is 0.466 e. The summed E-state index contributed by atoms with van der Waals surface area (Å²) >= 11 is 5.70. The Bertz CT molecular complexity index is 657. The second-order valence-electron chi connectivity index (χ2n) is 7.04. The lowest BCUT2D eigenvalue weighted by Gasteiger charge is -2.28. The van der Waals surface area contributed by atoms with E-state index >= 15 is 0 Å². The number of rotatable bonds is 11. The molecule has 0 aromatic heterocycles. The van der Waals surface area contributed by atoms with Crippen LogP contribution < -0.4 is 0 Å². The molecule has 1 aromatic rings. The maximum Gasteiger partial charge on any atom is 0.316 e. The SMILES string of the molecule is CCOC(=O)C1CC1CCCC(C)(C(=O)OCCSI)c1cccc(Br)c1. The summed E-state index contributed by atoms with van der Waals surface area (Å²) in [5.41, 5.74) is 0.273. The number of carbonyl (C=O) groups is 2. The van der Waals surface area contributed by atoms with E-state index in [2.05, 4.69) is 37.1 Å². The van der Waals surface area contributed by atoms with E-state index in [0.717, 1.165) is 35.1 Å². The van der Waals surface area contributed by atoms with E-state index in [4.69, 9.17) is 9.47 Å². The number of ether oxygens (including phenoxy) is 2. The fraction of sp³-hybridized carbons (Fsp3) is 0.600. The monoisotopic (exact) mass is 568 g/mol. The van der Waals surface area contributed by atoms with Crippen molar-refractivity contribution in [2.75, 3.05) is 19.0 Å². The molecule has 150 valence electrons. The molecule has 0 bridgehead atoms. The molecule has 0 aliphatic heterocycles. The average molecular weight is 569 g/mol. The van der Waals surface area contributed by atoms with Crippen molar-refractivity contribution in [3.8, 4) is 0 Å². The van der Waals surface area contributed by atoms with Crippen LogP contribution in [-0.2, 0) is 24.5 Å². The normalized spacial score (nSPS) is 20.6. The molecule has 1 aliphatic rings. The topological polar surface area (TPSA) is 52.6 Å². The number of carbonyl (C=O) groups excluding carboxylic acids is 2. The van der Waals surface area contributed by atoms with Crippen molar-refractivity contribution in [3.05, 3.63) is 34.3 Å². The quantitative estimate of drug-likeness (QED) is 0.195. The zero-order chi connectivity index (χ0) is 19.9. The third-order valence-corrected chi connectivity index (χ3v) is 7.20. The van der Waals surface area contributed by atoms with E-state index in [1.54, 1.807) is 8.93 Å². The van der Waals surface area contributed by atoms with Gasteiger partial charge in [-0.3, -0.25) is 9.59 Å². The molecule has 1 saturated carbocycles. The summed E-state index contributed by atoms with van der Waals surface area (Å²) < 4.78 is 11.6. The molecule has 0 heterocycles. The molecule has 0 radical (unpaired) electrons.